The summed E-state index contributed by atoms with van der Waals surface area (Å²) in [6.07, 6.45) is -0.538. The lowest BCUT2D eigenvalue weighted by Crippen LogP contribution is -2.33. The summed E-state index contributed by atoms with van der Waals surface area (Å²) in [5.74, 6) is -0.523. The lowest BCUT2D eigenvalue weighted by Gasteiger charge is -2.12. The normalized spacial score (nSPS) is 11.8. The molecule has 0 radical (unpaired) electrons. The van der Waals surface area contributed by atoms with Crippen molar-refractivity contribution in [2.75, 3.05) is 18.4 Å². The van der Waals surface area contributed by atoms with Gasteiger partial charge in [-0.2, -0.15) is 0 Å². The van der Waals surface area contributed by atoms with Gasteiger partial charge in [0.2, 0.25) is 5.91 Å². The number of benzene rings is 2. The van der Waals surface area contributed by atoms with Gasteiger partial charge in [0.25, 0.3) is 0 Å². The number of amides is 1. The fourth-order valence-electron chi connectivity index (χ4n) is 2.15. The second-order valence-electron chi connectivity index (χ2n) is 5.41. The fraction of sp³-hybridized carbons (Fsp3) is 0.222. The van der Waals surface area contributed by atoms with Crippen LogP contribution in [0.2, 0.25) is 5.02 Å². The van der Waals surface area contributed by atoms with Crippen LogP contribution in [-0.2, 0) is 4.79 Å². The number of rotatable bonds is 7. The summed E-state index contributed by atoms with van der Waals surface area (Å²) in [5, 5.41) is 15.1. The van der Waals surface area contributed by atoms with Crippen molar-refractivity contribution < 1.29 is 14.7 Å². The van der Waals surface area contributed by atoms with Crippen LogP contribution in [0.3, 0.4) is 0 Å². The molecule has 0 bridgehead atoms. The fourth-order valence-corrected chi connectivity index (χ4v) is 2.32. The SMILES string of the molecule is CC(O)CNCC(=O)Nc1ccc(Cl)cc1C(=O)c1ccccc1. The van der Waals surface area contributed by atoms with Gasteiger partial charge in [0.1, 0.15) is 0 Å². The molecule has 0 heterocycles. The van der Waals surface area contributed by atoms with Crippen LogP contribution in [0.25, 0.3) is 0 Å². The van der Waals surface area contributed by atoms with Crippen LogP contribution < -0.4 is 10.6 Å². The average Bonchev–Trinajstić information content (AvgIpc) is 2.56. The van der Waals surface area contributed by atoms with E-state index in [0.29, 0.717) is 28.4 Å². The first-order valence-electron chi connectivity index (χ1n) is 7.55. The Kier molecular flexibility index (Phi) is 6.49. The molecule has 6 heteroatoms. The lowest BCUT2D eigenvalue weighted by atomic mass is 10.0. The van der Waals surface area contributed by atoms with Gasteiger partial charge in [-0.15, -0.1) is 0 Å². The lowest BCUT2D eigenvalue weighted by molar-refractivity contribution is -0.115. The Morgan fingerprint density at radius 1 is 1.17 bits per heavy atom. The van der Waals surface area contributed by atoms with Crippen LogP contribution in [0.5, 0.6) is 0 Å². The van der Waals surface area contributed by atoms with Crippen LogP contribution in [0.4, 0.5) is 5.69 Å². The Hall–Kier alpha value is -2.21. The summed E-state index contributed by atoms with van der Waals surface area (Å²) < 4.78 is 0. The second kappa shape index (κ2) is 8.59. The number of hydrogen-bond donors (Lipinski definition) is 3. The molecule has 0 fully saturated rings. The zero-order valence-corrected chi connectivity index (χ0v) is 14.0. The van der Waals surface area contributed by atoms with E-state index < -0.39 is 6.10 Å². The van der Waals surface area contributed by atoms with Crippen molar-refractivity contribution in [3.63, 3.8) is 0 Å². The smallest absolute Gasteiger partial charge is 0.238 e. The molecular weight excluding hydrogens is 328 g/mol. The van der Waals surface area contributed by atoms with Crippen molar-refractivity contribution >= 4 is 29.0 Å². The Morgan fingerprint density at radius 2 is 1.88 bits per heavy atom. The predicted molar refractivity (Wildman–Crippen MR) is 94.5 cm³/mol. The number of anilines is 1. The molecule has 0 aliphatic heterocycles. The van der Waals surface area contributed by atoms with Gasteiger partial charge in [-0.05, 0) is 25.1 Å². The number of aliphatic hydroxyl groups excluding tert-OH is 1. The summed E-state index contributed by atoms with van der Waals surface area (Å²) in [7, 11) is 0. The van der Waals surface area contributed by atoms with Crippen molar-refractivity contribution in [3.05, 3.63) is 64.7 Å². The molecule has 0 spiro atoms. The predicted octanol–water partition coefficient (Wildman–Crippen LogP) is 2.48. The van der Waals surface area contributed by atoms with Crippen LogP contribution in [-0.4, -0.2) is 36.0 Å². The highest BCUT2D eigenvalue weighted by molar-refractivity contribution is 6.31. The minimum absolute atomic E-state index is 0.0342. The molecular formula is C18H19ClN2O3. The molecule has 126 valence electrons. The van der Waals surface area contributed by atoms with Crippen molar-refractivity contribution in [1.29, 1.82) is 0 Å². The zero-order chi connectivity index (χ0) is 17.5. The summed E-state index contributed by atoms with van der Waals surface area (Å²) in [6, 6.07) is 13.5. The van der Waals surface area contributed by atoms with E-state index in [4.69, 9.17) is 11.6 Å². The third kappa shape index (κ3) is 5.16. The van der Waals surface area contributed by atoms with E-state index in [1.165, 1.54) is 6.07 Å². The van der Waals surface area contributed by atoms with E-state index in [9.17, 15) is 14.7 Å². The molecule has 2 aromatic rings. The van der Waals surface area contributed by atoms with Crippen LogP contribution in [0.1, 0.15) is 22.8 Å². The Balaban J connectivity index is 2.16. The van der Waals surface area contributed by atoms with Gasteiger partial charge < -0.3 is 15.7 Å². The second-order valence-corrected chi connectivity index (χ2v) is 5.85. The Labute approximate surface area is 145 Å². The number of hydrogen-bond acceptors (Lipinski definition) is 4. The van der Waals surface area contributed by atoms with Gasteiger partial charge >= 0.3 is 0 Å². The molecule has 0 aliphatic rings. The highest BCUT2D eigenvalue weighted by Gasteiger charge is 2.16. The minimum Gasteiger partial charge on any atom is -0.392 e. The van der Waals surface area contributed by atoms with Gasteiger partial charge in [0.05, 0.1) is 18.3 Å². The van der Waals surface area contributed by atoms with Gasteiger partial charge in [-0.25, -0.2) is 0 Å². The van der Waals surface area contributed by atoms with Crippen molar-refractivity contribution in [2.24, 2.45) is 0 Å². The van der Waals surface area contributed by atoms with E-state index in [1.54, 1.807) is 43.3 Å². The van der Waals surface area contributed by atoms with Crippen LogP contribution in [0.15, 0.2) is 48.5 Å². The Bertz CT molecular complexity index is 717. The highest BCUT2D eigenvalue weighted by Crippen LogP contribution is 2.23. The number of carbonyl (C=O) groups excluding carboxylic acids is 2. The maximum absolute atomic E-state index is 12.6. The molecule has 5 nitrogen and oxygen atoms in total. The first-order valence-corrected chi connectivity index (χ1v) is 7.93. The van der Waals surface area contributed by atoms with E-state index >= 15 is 0 Å². The van der Waals surface area contributed by atoms with Gasteiger partial charge in [-0.1, -0.05) is 41.9 Å². The molecule has 1 atom stereocenters. The van der Waals surface area contributed by atoms with Gasteiger partial charge in [0, 0.05) is 22.7 Å². The maximum Gasteiger partial charge on any atom is 0.238 e. The monoisotopic (exact) mass is 346 g/mol. The van der Waals surface area contributed by atoms with Crippen molar-refractivity contribution in [1.82, 2.24) is 5.32 Å². The van der Waals surface area contributed by atoms with E-state index in [2.05, 4.69) is 10.6 Å². The molecule has 0 aromatic heterocycles. The molecule has 1 unspecified atom stereocenters. The quantitative estimate of drug-likeness (QED) is 0.673. The van der Waals surface area contributed by atoms with Gasteiger partial charge in [0.15, 0.2) is 5.78 Å². The summed E-state index contributed by atoms with van der Waals surface area (Å²) in [6.45, 7) is 1.97. The van der Waals surface area contributed by atoms with E-state index in [0.717, 1.165) is 0 Å². The van der Waals surface area contributed by atoms with Crippen LogP contribution >= 0.6 is 11.6 Å². The summed E-state index contributed by atoms with van der Waals surface area (Å²) in [4.78, 5) is 24.6. The number of ketones is 1. The topological polar surface area (TPSA) is 78.4 Å². The van der Waals surface area contributed by atoms with Crippen LogP contribution in [0, 0.1) is 0 Å². The Morgan fingerprint density at radius 3 is 2.54 bits per heavy atom. The molecule has 1 amide bonds. The number of halogens is 1. The van der Waals surface area contributed by atoms with Gasteiger partial charge in [-0.3, -0.25) is 9.59 Å². The average molecular weight is 347 g/mol. The highest BCUT2D eigenvalue weighted by atomic mass is 35.5. The molecule has 24 heavy (non-hydrogen) atoms. The van der Waals surface area contributed by atoms with E-state index in [-0.39, 0.29) is 18.2 Å². The first kappa shape index (κ1) is 18.1. The molecule has 0 aliphatic carbocycles. The van der Waals surface area contributed by atoms with Crippen molar-refractivity contribution in [3.8, 4) is 0 Å². The minimum atomic E-state index is -0.538. The van der Waals surface area contributed by atoms with E-state index in [1.807, 2.05) is 6.07 Å². The molecule has 0 saturated carbocycles. The third-order valence-corrected chi connectivity index (χ3v) is 3.50. The zero-order valence-electron chi connectivity index (χ0n) is 13.3. The number of carbonyl (C=O) groups is 2. The summed E-state index contributed by atoms with van der Waals surface area (Å²) in [5.41, 5.74) is 1.25. The van der Waals surface area contributed by atoms with Crippen molar-refractivity contribution in [2.45, 2.75) is 13.0 Å². The molecule has 2 aromatic carbocycles. The number of nitrogens with one attached hydrogen (secondary N) is 2. The maximum atomic E-state index is 12.6. The molecule has 0 saturated heterocycles. The third-order valence-electron chi connectivity index (χ3n) is 3.26. The largest absolute Gasteiger partial charge is 0.392 e. The summed E-state index contributed by atoms with van der Waals surface area (Å²) >= 11 is 6.00. The molecule has 3 N–H and O–H groups in total. The first-order chi connectivity index (χ1) is 11.5. The number of aliphatic hydroxyl groups is 1. The standard InChI is InChI=1S/C18H19ClN2O3/c1-12(22)10-20-11-17(23)21-16-8-7-14(19)9-15(16)18(24)13-5-3-2-4-6-13/h2-9,12,20,22H,10-11H2,1H3,(H,21,23). The molecule has 2 rings (SSSR count).